The van der Waals surface area contributed by atoms with E-state index in [-0.39, 0.29) is 0 Å². The first-order valence-corrected chi connectivity index (χ1v) is 11.8. The molecule has 0 saturated heterocycles. The SMILES string of the molecule is CO[Si](C)(CCP)OC[Si](C)(C)C. The van der Waals surface area contributed by atoms with Gasteiger partial charge in [0.15, 0.2) is 0 Å². The van der Waals surface area contributed by atoms with Crippen molar-refractivity contribution in [3.63, 3.8) is 0 Å². The fraction of sp³-hybridized carbons (Fsp3) is 1.00. The Labute approximate surface area is 86.9 Å². The maximum Gasteiger partial charge on any atom is 0.334 e. The highest BCUT2D eigenvalue weighted by molar-refractivity contribution is 7.16. The van der Waals surface area contributed by atoms with Crippen molar-refractivity contribution < 1.29 is 8.85 Å². The minimum Gasteiger partial charge on any atom is -0.398 e. The molecule has 0 radical (unpaired) electrons. The largest absolute Gasteiger partial charge is 0.398 e. The molecule has 0 heterocycles. The van der Waals surface area contributed by atoms with Crippen LogP contribution in [-0.4, -0.2) is 36.1 Å². The predicted molar refractivity (Wildman–Crippen MR) is 67.3 cm³/mol. The Morgan fingerprint density at radius 3 is 2.00 bits per heavy atom. The van der Waals surface area contributed by atoms with E-state index < -0.39 is 16.6 Å². The van der Waals surface area contributed by atoms with Crippen LogP contribution >= 0.6 is 9.24 Å². The van der Waals surface area contributed by atoms with Crippen LogP contribution in [0.15, 0.2) is 0 Å². The molecule has 2 unspecified atom stereocenters. The van der Waals surface area contributed by atoms with Gasteiger partial charge in [0.2, 0.25) is 0 Å². The Kier molecular flexibility index (Phi) is 5.95. The molecule has 0 rings (SSSR count). The number of hydrogen-bond acceptors (Lipinski definition) is 2. The van der Waals surface area contributed by atoms with Crippen LogP contribution in [0.3, 0.4) is 0 Å². The summed E-state index contributed by atoms with van der Waals surface area (Å²) in [5.74, 6) is 0. The molecule has 2 atom stereocenters. The molecule has 0 fully saturated rings. The summed E-state index contributed by atoms with van der Waals surface area (Å²) in [7, 11) is 1.61. The molecule has 0 bridgehead atoms. The Balaban J connectivity index is 3.97. The van der Waals surface area contributed by atoms with Crippen LogP contribution in [0.4, 0.5) is 0 Å². The third-order valence-corrected chi connectivity index (χ3v) is 6.82. The summed E-state index contributed by atoms with van der Waals surface area (Å²) in [5, 5.41) is 0. The van der Waals surface area contributed by atoms with E-state index in [1.165, 1.54) is 0 Å². The molecule has 80 valence electrons. The van der Waals surface area contributed by atoms with Gasteiger partial charge in [-0.3, -0.25) is 0 Å². The maximum absolute atomic E-state index is 5.95. The minimum absolute atomic E-state index is 0.925. The van der Waals surface area contributed by atoms with Gasteiger partial charge in [0.1, 0.15) is 0 Å². The normalized spacial score (nSPS) is 17.1. The lowest BCUT2D eigenvalue weighted by molar-refractivity contribution is 0.235. The van der Waals surface area contributed by atoms with E-state index in [0.717, 1.165) is 18.4 Å². The van der Waals surface area contributed by atoms with Gasteiger partial charge < -0.3 is 8.85 Å². The van der Waals surface area contributed by atoms with Crippen molar-refractivity contribution in [1.82, 2.24) is 0 Å². The topological polar surface area (TPSA) is 18.5 Å². The first kappa shape index (κ1) is 13.8. The molecular formula is C8H23O2PSi2. The average Bonchev–Trinajstić information content (AvgIpc) is 2.01. The van der Waals surface area contributed by atoms with Crippen LogP contribution < -0.4 is 0 Å². The lowest BCUT2D eigenvalue weighted by atomic mass is 11.0. The lowest BCUT2D eigenvalue weighted by Gasteiger charge is -2.28. The molecule has 0 amide bonds. The monoisotopic (exact) mass is 238 g/mol. The highest BCUT2D eigenvalue weighted by Gasteiger charge is 2.31. The van der Waals surface area contributed by atoms with E-state index in [9.17, 15) is 0 Å². The third kappa shape index (κ3) is 6.80. The van der Waals surface area contributed by atoms with E-state index in [2.05, 4.69) is 35.4 Å². The Hall–Kier alpha value is 0.784. The van der Waals surface area contributed by atoms with Crippen molar-refractivity contribution >= 4 is 25.9 Å². The van der Waals surface area contributed by atoms with Gasteiger partial charge >= 0.3 is 8.56 Å². The second-order valence-electron chi connectivity index (χ2n) is 4.73. The average molecular weight is 238 g/mol. The smallest absolute Gasteiger partial charge is 0.334 e. The van der Waals surface area contributed by atoms with Gasteiger partial charge in [-0.25, -0.2) is 0 Å². The summed E-state index contributed by atoms with van der Waals surface area (Å²) in [6.45, 7) is 9.10. The Morgan fingerprint density at radius 1 is 1.15 bits per heavy atom. The quantitative estimate of drug-likeness (QED) is 0.523. The van der Waals surface area contributed by atoms with Gasteiger partial charge in [-0.15, -0.1) is 9.24 Å². The van der Waals surface area contributed by atoms with Crippen LogP contribution in [0.25, 0.3) is 0 Å². The molecule has 0 aliphatic rings. The summed E-state index contributed by atoms with van der Waals surface area (Å²) in [5.41, 5.74) is 0. The molecule has 0 aromatic carbocycles. The van der Waals surface area contributed by atoms with Gasteiger partial charge in [-0.2, -0.15) is 0 Å². The fourth-order valence-corrected chi connectivity index (χ4v) is 6.38. The standard InChI is InChI=1S/C8H23O2PSi2/c1-9-13(5,7-6-11)10-8-12(2,3)4/h6-8,11H2,1-5H3. The molecule has 0 spiro atoms. The van der Waals surface area contributed by atoms with Crippen LogP contribution in [0.5, 0.6) is 0 Å². The van der Waals surface area contributed by atoms with Gasteiger partial charge in [0.25, 0.3) is 0 Å². The van der Waals surface area contributed by atoms with E-state index in [4.69, 9.17) is 8.85 Å². The first-order chi connectivity index (χ1) is 5.83. The van der Waals surface area contributed by atoms with Crippen molar-refractivity contribution in [2.24, 2.45) is 0 Å². The Bertz CT molecular complexity index is 150. The minimum atomic E-state index is -1.82. The zero-order valence-electron chi connectivity index (χ0n) is 9.52. The second kappa shape index (κ2) is 5.61. The van der Waals surface area contributed by atoms with E-state index in [0.29, 0.717) is 0 Å². The van der Waals surface area contributed by atoms with Gasteiger partial charge in [-0.05, 0) is 18.8 Å². The maximum atomic E-state index is 5.95. The summed E-state index contributed by atoms with van der Waals surface area (Å²) in [4.78, 5) is 0. The van der Waals surface area contributed by atoms with Crippen molar-refractivity contribution in [2.75, 3.05) is 19.5 Å². The van der Waals surface area contributed by atoms with Gasteiger partial charge in [0, 0.05) is 13.3 Å². The van der Waals surface area contributed by atoms with Crippen molar-refractivity contribution in [2.45, 2.75) is 32.2 Å². The van der Waals surface area contributed by atoms with Crippen LogP contribution in [-0.2, 0) is 8.85 Å². The summed E-state index contributed by atoms with van der Waals surface area (Å²) in [6.07, 6.45) is 2.00. The zero-order valence-corrected chi connectivity index (χ0v) is 12.7. The van der Waals surface area contributed by atoms with E-state index in [1.54, 1.807) is 7.11 Å². The van der Waals surface area contributed by atoms with Crippen molar-refractivity contribution in [3.8, 4) is 0 Å². The molecule has 0 N–H and O–H groups in total. The van der Waals surface area contributed by atoms with Gasteiger partial charge in [0.05, 0.1) is 8.07 Å². The molecule has 0 aromatic heterocycles. The predicted octanol–water partition coefficient (Wildman–Crippen LogP) is 2.47. The molecule has 0 aromatic rings. The number of hydrogen-bond donors (Lipinski definition) is 0. The molecular weight excluding hydrogens is 215 g/mol. The third-order valence-electron chi connectivity index (χ3n) is 1.84. The highest BCUT2D eigenvalue weighted by atomic mass is 31.0. The van der Waals surface area contributed by atoms with Crippen LogP contribution in [0.1, 0.15) is 0 Å². The fourth-order valence-electron chi connectivity index (χ4n) is 0.865. The van der Waals surface area contributed by atoms with Crippen molar-refractivity contribution in [3.05, 3.63) is 0 Å². The zero-order chi connectivity index (χ0) is 10.5. The molecule has 0 aliphatic carbocycles. The molecule has 5 heteroatoms. The van der Waals surface area contributed by atoms with Crippen molar-refractivity contribution in [1.29, 1.82) is 0 Å². The molecule has 0 aliphatic heterocycles. The molecule has 0 saturated carbocycles. The summed E-state index contributed by atoms with van der Waals surface area (Å²) >= 11 is 0. The first-order valence-electron chi connectivity index (χ1n) is 4.72. The molecule has 13 heavy (non-hydrogen) atoms. The van der Waals surface area contributed by atoms with Gasteiger partial charge in [-0.1, -0.05) is 19.6 Å². The van der Waals surface area contributed by atoms with E-state index >= 15 is 0 Å². The van der Waals surface area contributed by atoms with Crippen LogP contribution in [0, 0.1) is 0 Å². The number of rotatable bonds is 6. The molecule has 2 nitrogen and oxygen atoms in total. The summed E-state index contributed by atoms with van der Waals surface area (Å²) < 4.78 is 11.4. The summed E-state index contributed by atoms with van der Waals surface area (Å²) in [6, 6.07) is 1.07. The lowest BCUT2D eigenvalue weighted by Crippen LogP contribution is -2.43. The second-order valence-corrected chi connectivity index (χ2v) is 14.2. The van der Waals surface area contributed by atoms with E-state index in [1.807, 2.05) is 0 Å². The van der Waals surface area contributed by atoms with Crippen LogP contribution in [0.2, 0.25) is 32.2 Å². The Morgan fingerprint density at radius 2 is 1.69 bits per heavy atom. The highest BCUT2D eigenvalue weighted by Crippen LogP contribution is 2.16.